The summed E-state index contributed by atoms with van der Waals surface area (Å²) in [5.41, 5.74) is 2.09. The van der Waals surface area contributed by atoms with Crippen LogP contribution < -0.4 is 4.74 Å². The Morgan fingerprint density at radius 2 is 2.14 bits per heavy atom. The summed E-state index contributed by atoms with van der Waals surface area (Å²) in [6.07, 6.45) is 1.16. The number of hydrogen-bond acceptors (Lipinski definition) is 2. The van der Waals surface area contributed by atoms with Crippen LogP contribution in [0.25, 0.3) is 0 Å². The molecule has 2 nitrogen and oxygen atoms in total. The Bertz CT molecular complexity index is 334. The first-order valence-electron chi connectivity index (χ1n) is 4.51. The van der Waals surface area contributed by atoms with Gasteiger partial charge in [0.2, 0.25) is 5.24 Å². The summed E-state index contributed by atoms with van der Waals surface area (Å²) in [5.74, 6) is 0.759. The zero-order valence-electron chi connectivity index (χ0n) is 8.34. The van der Waals surface area contributed by atoms with Gasteiger partial charge >= 0.3 is 0 Å². The lowest BCUT2D eigenvalue weighted by Crippen LogP contribution is -1.99. The van der Waals surface area contributed by atoms with Crippen molar-refractivity contribution >= 4 is 16.8 Å². The van der Waals surface area contributed by atoms with Crippen molar-refractivity contribution < 1.29 is 9.53 Å². The summed E-state index contributed by atoms with van der Waals surface area (Å²) < 4.78 is 5.08. The normalized spacial score (nSPS) is 9.93. The van der Waals surface area contributed by atoms with Crippen LogP contribution in [0, 0.1) is 0 Å². The second-order valence-electron chi connectivity index (χ2n) is 3.02. The number of hydrogen-bond donors (Lipinski definition) is 0. The molecule has 0 aliphatic rings. The van der Waals surface area contributed by atoms with Gasteiger partial charge in [0.15, 0.2) is 0 Å². The molecule has 0 N–H and O–H groups in total. The Labute approximate surface area is 88.8 Å². The van der Waals surface area contributed by atoms with E-state index in [4.69, 9.17) is 16.3 Å². The summed E-state index contributed by atoms with van der Waals surface area (Å²) in [6.45, 7) is 2.05. The van der Waals surface area contributed by atoms with Crippen LogP contribution in [0.5, 0.6) is 5.75 Å². The van der Waals surface area contributed by atoms with Gasteiger partial charge in [-0.2, -0.15) is 0 Å². The van der Waals surface area contributed by atoms with Crippen LogP contribution >= 0.6 is 11.6 Å². The standard InChI is InChI=1S/C11H13ClO2/c1-3-8-4-5-10(14-2)6-9(8)7-11(12)13/h4-6H,3,7H2,1-2H3. The monoisotopic (exact) mass is 212 g/mol. The van der Waals surface area contributed by atoms with Gasteiger partial charge in [0, 0.05) is 6.42 Å². The molecule has 1 rings (SSSR count). The van der Waals surface area contributed by atoms with Crippen molar-refractivity contribution in [2.75, 3.05) is 7.11 Å². The number of methoxy groups -OCH3 is 1. The lowest BCUT2D eigenvalue weighted by molar-refractivity contribution is -0.111. The lowest BCUT2D eigenvalue weighted by atomic mass is 10.0. The van der Waals surface area contributed by atoms with E-state index in [-0.39, 0.29) is 11.7 Å². The molecule has 1 aromatic carbocycles. The Kier molecular flexibility index (Phi) is 3.96. The van der Waals surface area contributed by atoms with Gasteiger partial charge in [-0.25, -0.2) is 0 Å². The third kappa shape index (κ3) is 2.74. The average Bonchev–Trinajstić information content (AvgIpc) is 2.16. The molecule has 0 spiro atoms. The zero-order chi connectivity index (χ0) is 10.6. The molecule has 0 atom stereocenters. The summed E-state index contributed by atoms with van der Waals surface area (Å²) in [6, 6.07) is 5.72. The molecule has 3 heteroatoms. The maximum absolute atomic E-state index is 10.8. The van der Waals surface area contributed by atoms with Crippen molar-refractivity contribution in [3.8, 4) is 5.75 Å². The molecule has 0 amide bonds. The van der Waals surface area contributed by atoms with Gasteiger partial charge in [0.25, 0.3) is 0 Å². The molecule has 0 saturated carbocycles. The van der Waals surface area contributed by atoms with Gasteiger partial charge in [-0.15, -0.1) is 0 Å². The van der Waals surface area contributed by atoms with Crippen molar-refractivity contribution in [2.24, 2.45) is 0 Å². The molecule has 0 aromatic heterocycles. The average molecular weight is 213 g/mol. The predicted octanol–water partition coefficient (Wildman–Crippen LogP) is 2.57. The van der Waals surface area contributed by atoms with E-state index >= 15 is 0 Å². The van der Waals surface area contributed by atoms with E-state index in [1.54, 1.807) is 7.11 Å². The fourth-order valence-corrected chi connectivity index (χ4v) is 1.53. The molecular weight excluding hydrogens is 200 g/mol. The summed E-state index contributed by atoms with van der Waals surface area (Å²) in [4.78, 5) is 10.8. The SMILES string of the molecule is CCc1ccc(OC)cc1CC(=O)Cl. The first-order chi connectivity index (χ1) is 6.67. The molecule has 1 aromatic rings. The van der Waals surface area contributed by atoms with Crippen LogP contribution in [-0.2, 0) is 17.6 Å². The third-order valence-corrected chi connectivity index (χ3v) is 2.26. The molecule has 14 heavy (non-hydrogen) atoms. The van der Waals surface area contributed by atoms with Crippen molar-refractivity contribution in [1.29, 1.82) is 0 Å². The van der Waals surface area contributed by atoms with Gasteiger partial charge in [-0.05, 0) is 41.3 Å². The van der Waals surface area contributed by atoms with Crippen LogP contribution in [0.4, 0.5) is 0 Å². The van der Waals surface area contributed by atoms with Gasteiger partial charge in [-0.3, -0.25) is 4.79 Å². The van der Waals surface area contributed by atoms with Crippen LogP contribution in [0.15, 0.2) is 18.2 Å². The molecule has 76 valence electrons. The zero-order valence-corrected chi connectivity index (χ0v) is 9.10. The topological polar surface area (TPSA) is 26.3 Å². The summed E-state index contributed by atoms with van der Waals surface area (Å²) >= 11 is 5.36. The van der Waals surface area contributed by atoms with Crippen LogP contribution in [-0.4, -0.2) is 12.4 Å². The first kappa shape index (κ1) is 11.1. The number of carbonyl (C=O) groups excluding carboxylic acids is 1. The fourth-order valence-electron chi connectivity index (χ4n) is 1.39. The molecular formula is C11H13ClO2. The molecule has 0 bridgehead atoms. The maximum atomic E-state index is 10.8. The molecule has 0 fully saturated rings. The Hall–Kier alpha value is -1.02. The highest BCUT2D eigenvalue weighted by Crippen LogP contribution is 2.19. The summed E-state index contributed by atoms with van der Waals surface area (Å²) in [5, 5.41) is -0.340. The van der Waals surface area contributed by atoms with Crippen molar-refractivity contribution in [3.05, 3.63) is 29.3 Å². The minimum absolute atomic E-state index is 0.266. The van der Waals surface area contributed by atoms with E-state index in [0.717, 1.165) is 23.3 Å². The van der Waals surface area contributed by atoms with Gasteiger partial charge in [0.1, 0.15) is 5.75 Å². The minimum atomic E-state index is -0.340. The maximum Gasteiger partial charge on any atom is 0.226 e. The number of ether oxygens (including phenoxy) is 1. The predicted molar refractivity (Wildman–Crippen MR) is 56.9 cm³/mol. The number of benzene rings is 1. The van der Waals surface area contributed by atoms with Crippen LogP contribution in [0.2, 0.25) is 0 Å². The molecule has 0 aliphatic heterocycles. The van der Waals surface area contributed by atoms with Crippen LogP contribution in [0.3, 0.4) is 0 Å². The van der Waals surface area contributed by atoms with Crippen molar-refractivity contribution in [1.82, 2.24) is 0 Å². The van der Waals surface area contributed by atoms with Crippen LogP contribution in [0.1, 0.15) is 18.1 Å². The van der Waals surface area contributed by atoms with Gasteiger partial charge in [-0.1, -0.05) is 13.0 Å². The van der Waals surface area contributed by atoms with Gasteiger partial charge < -0.3 is 4.74 Å². The summed E-state index contributed by atoms with van der Waals surface area (Å²) in [7, 11) is 1.60. The van der Waals surface area contributed by atoms with E-state index in [1.165, 1.54) is 0 Å². The third-order valence-electron chi connectivity index (χ3n) is 2.12. The molecule has 0 aliphatic carbocycles. The highest BCUT2D eigenvalue weighted by atomic mass is 35.5. The lowest BCUT2D eigenvalue weighted by Gasteiger charge is -2.07. The Morgan fingerprint density at radius 1 is 1.43 bits per heavy atom. The molecule has 0 unspecified atom stereocenters. The highest BCUT2D eigenvalue weighted by Gasteiger charge is 2.06. The van der Waals surface area contributed by atoms with Gasteiger partial charge in [0.05, 0.1) is 7.11 Å². The second-order valence-corrected chi connectivity index (χ2v) is 3.44. The quantitative estimate of drug-likeness (QED) is 0.718. The Balaban J connectivity index is 3.01. The fraction of sp³-hybridized carbons (Fsp3) is 0.364. The smallest absolute Gasteiger partial charge is 0.226 e. The van der Waals surface area contributed by atoms with Crippen molar-refractivity contribution in [2.45, 2.75) is 19.8 Å². The number of halogens is 1. The molecule has 0 heterocycles. The second kappa shape index (κ2) is 5.01. The first-order valence-corrected chi connectivity index (χ1v) is 4.89. The number of rotatable bonds is 4. The van der Waals surface area contributed by atoms with E-state index in [0.29, 0.717) is 0 Å². The van der Waals surface area contributed by atoms with E-state index < -0.39 is 0 Å². The number of aryl methyl sites for hydroxylation is 1. The van der Waals surface area contributed by atoms with Crippen molar-refractivity contribution in [3.63, 3.8) is 0 Å². The minimum Gasteiger partial charge on any atom is -0.497 e. The highest BCUT2D eigenvalue weighted by molar-refractivity contribution is 6.63. The molecule has 0 saturated heterocycles. The van der Waals surface area contributed by atoms with E-state index in [1.807, 2.05) is 25.1 Å². The van der Waals surface area contributed by atoms with E-state index in [9.17, 15) is 4.79 Å². The van der Waals surface area contributed by atoms with E-state index in [2.05, 4.69) is 0 Å². The molecule has 0 radical (unpaired) electrons. The Morgan fingerprint density at radius 3 is 2.64 bits per heavy atom. The number of carbonyl (C=O) groups is 1. The largest absolute Gasteiger partial charge is 0.497 e.